The van der Waals surface area contributed by atoms with E-state index in [4.69, 9.17) is 0 Å². The third kappa shape index (κ3) is 2.29. The van der Waals surface area contributed by atoms with Crippen molar-refractivity contribution in [3.05, 3.63) is 36.2 Å². The molecule has 2 heterocycles. The van der Waals surface area contributed by atoms with Crippen LogP contribution in [0.3, 0.4) is 0 Å². The average molecular weight is 256 g/mol. The third-order valence-corrected chi connectivity index (χ3v) is 3.43. The molecule has 1 aromatic heterocycles. The molecule has 0 bridgehead atoms. The van der Waals surface area contributed by atoms with Crippen molar-refractivity contribution in [2.24, 2.45) is 0 Å². The summed E-state index contributed by atoms with van der Waals surface area (Å²) >= 11 is 0. The zero-order valence-electron chi connectivity index (χ0n) is 10.8. The van der Waals surface area contributed by atoms with Gasteiger partial charge in [0, 0.05) is 25.7 Å². The van der Waals surface area contributed by atoms with Gasteiger partial charge in [-0.1, -0.05) is 12.1 Å². The lowest BCUT2D eigenvalue weighted by molar-refractivity contribution is 0.0649. The van der Waals surface area contributed by atoms with Gasteiger partial charge >= 0.3 is 0 Å². The van der Waals surface area contributed by atoms with Crippen molar-refractivity contribution in [1.29, 1.82) is 0 Å². The highest BCUT2D eigenvalue weighted by molar-refractivity contribution is 5.94. The molecule has 3 rings (SSSR count). The summed E-state index contributed by atoms with van der Waals surface area (Å²) in [7, 11) is 0. The van der Waals surface area contributed by atoms with Crippen LogP contribution in [-0.2, 0) is 0 Å². The smallest absolute Gasteiger partial charge is 0.274 e. The molecule has 1 saturated heterocycles. The van der Waals surface area contributed by atoms with E-state index in [1.807, 2.05) is 36.1 Å². The molecule has 98 valence electrons. The maximum absolute atomic E-state index is 12.4. The van der Waals surface area contributed by atoms with Gasteiger partial charge in [-0.15, -0.1) is 0 Å². The van der Waals surface area contributed by atoms with E-state index in [0.29, 0.717) is 12.2 Å². The minimum atomic E-state index is -0.0350. The first-order chi connectivity index (χ1) is 9.25. The maximum Gasteiger partial charge on any atom is 0.274 e. The highest BCUT2D eigenvalue weighted by atomic mass is 16.2. The number of hydrogen-bond acceptors (Lipinski definition) is 4. The highest BCUT2D eigenvalue weighted by Gasteiger charge is 2.25. The van der Waals surface area contributed by atoms with Gasteiger partial charge in [0.1, 0.15) is 5.69 Å². The number of nitrogens with zero attached hydrogens (tertiary/aromatic N) is 3. The zero-order valence-corrected chi connectivity index (χ0v) is 10.8. The molecular formula is C14H16N4O. The first-order valence-electron chi connectivity index (χ1n) is 6.49. The molecule has 1 aromatic carbocycles. The Bertz CT molecular complexity index is 613. The van der Waals surface area contributed by atoms with Gasteiger partial charge in [0.05, 0.1) is 17.2 Å². The summed E-state index contributed by atoms with van der Waals surface area (Å²) in [6, 6.07) is 7.77. The number of para-hydroxylation sites is 2. The molecule has 0 radical (unpaired) electrons. The normalized spacial score (nSPS) is 19.6. The largest absolute Gasteiger partial charge is 0.332 e. The molecule has 2 aromatic rings. The molecule has 0 spiro atoms. The van der Waals surface area contributed by atoms with E-state index in [-0.39, 0.29) is 11.9 Å². The summed E-state index contributed by atoms with van der Waals surface area (Å²) in [4.78, 5) is 23.0. The minimum Gasteiger partial charge on any atom is -0.332 e. The van der Waals surface area contributed by atoms with Crippen LogP contribution in [0.1, 0.15) is 17.4 Å². The van der Waals surface area contributed by atoms with Crippen LogP contribution in [0.15, 0.2) is 30.5 Å². The van der Waals surface area contributed by atoms with E-state index in [0.717, 1.165) is 24.1 Å². The van der Waals surface area contributed by atoms with E-state index in [9.17, 15) is 4.79 Å². The van der Waals surface area contributed by atoms with Gasteiger partial charge in [0.25, 0.3) is 5.91 Å². The lowest BCUT2D eigenvalue weighted by Crippen LogP contribution is -2.52. The standard InChI is InChI=1S/C14H16N4O/c1-10-8-15-6-7-18(10)14(19)13-9-16-11-4-2-3-5-12(11)17-13/h2-5,9-10,15H,6-8H2,1H3/t10-/m1/s1. The van der Waals surface area contributed by atoms with Crippen molar-refractivity contribution < 1.29 is 4.79 Å². The number of piperazine rings is 1. The summed E-state index contributed by atoms with van der Waals surface area (Å²) < 4.78 is 0. The molecule has 1 amide bonds. The van der Waals surface area contributed by atoms with Crippen molar-refractivity contribution in [3.8, 4) is 0 Å². The summed E-state index contributed by atoms with van der Waals surface area (Å²) in [5.74, 6) is -0.0350. The predicted molar refractivity (Wildman–Crippen MR) is 72.9 cm³/mol. The number of hydrogen-bond donors (Lipinski definition) is 1. The fourth-order valence-corrected chi connectivity index (χ4v) is 2.35. The van der Waals surface area contributed by atoms with Crippen molar-refractivity contribution in [3.63, 3.8) is 0 Å². The van der Waals surface area contributed by atoms with Gasteiger partial charge in [0.15, 0.2) is 0 Å². The van der Waals surface area contributed by atoms with Crippen molar-refractivity contribution >= 4 is 16.9 Å². The minimum absolute atomic E-state index is 0.0350. The molecule has 1 aliphatic rings. The Hall–Kier alpha value is -2.01. The Labute approximate surface area is 111 Å². The van der Waals surface area contributed by atoms with E-state index < -0.39 is 0 Å². The number of benzene rings is 1. The van der Waals surface area contributed by atoms with Crippen LogP contribution in [0.25, 0.3) is 11.0 Å². The Morgan fingerprint density at radius 2 is 2.16 bits per heavy atom. The quantitative estimate of drug-likeness (QED) is 0.829. The first-order valence-corrected chi connectivity index (χ1v) is 6.49. The number of amides is 1. The number of carbonyl (C=O) groups excluding carboxylic acids is 1. The topological polar surface area (TPSA) is 58.1 Å². The van der Waals surface area contributed by atoms with Gasteiger partial charge in [-0.2, -0.15) is 0 Å². The average Bonchev–Trinajstić information content (AvgIpc) is 2.46. The van der Waals surface area contributed by atoms with Gasteiger partial charge in [-0.25, -0.2) is 4.98 Å². The van der Waals surface area contributed by atoms with Crippen LogP contribution in [0.4, 0.5) is 0 Å². The second kappa shape index (κ2) is 4.93. The summed E-state index contributed by atoms with van der Waals surface area (Å²) in [6.45, 7) is 4.41. The number of fused-ring (bicyclic) bond motifs is 1. The van der Waals surface area contributed by atoms with Crippen LogP contribution in [0, 0.1) is 0 Å². The molecule has 0 aliphatic carbocycles. The van der Waals surface area contributed by atoms with Crippen LogP contribution in [-0.4, -0.2) is 46.5 Å². The molecule has 5 heteroatoms. The molecular weight excluding hydrogens is 240 g/mol. The van der Waals surface area contributed by atoms with Crippen molar-refractivity contribution in [1.82, 2.24) is 20.2 Å². The summed E-state index contributed by atoms with van der Waals surface area (Å²) in [6.07, 6.45) is 1.57. The van der Waals surface area contributed by atoms with Gasteiger partial charge in [-0.3, -0.25) is 9.78 Å². The fourth-order valence-electron chi connectivity index (χ4n) is 2.35. The number of aromatic nitrogens is 2. The molecule has 0 unspecified atom stereocenters. The molecule has 1 N–H and O–H groups in total. The Morgan fingerprint density at radius 3 is 2.95 bits per heavy atom. The van der Waals surface area contributed by atoms with Gasteiger partial charge < -0.3 is 10.2 Å². The molecule has 0 saturated carbocycles. The summed E-state index contributed by atoms with van der Waals surface area (Å²) in [5.41, 5.74) is 2.00. The Balaban J connectivity index is 1.92. The number of nitrogens with one attached hydrogen (secondary N) is 1. The van der Waals surface area contributed by atoms with E-state index in [1.54, 1.807) is 6.20 Å². The molecule has 1 atom stereocenters. The SMILES string of the molecule is C[C@@H]1CNCCN1C(=O)c1cnc2ccccc2n1. The zero-order chi connectivity index (χ0) is 13.2. The molecule has 5 nitrogen and oxygen atoms in total. The van der Waals surface area contributed by atoms with E-state index in [1.165, 1.54) is 0 Å². The molecule has 19 heavy (non-hydrogen) atoms. The summed E-state index contributed by atoms with van der Waals surface area (Å²) in [5, 5.41) is 3.27. The van der Waals surface area contributed by atoms with E-state index in [2.05, 4.69) is 15.3 Å². The van der Waals surface area contributed by atoms with Crippen molar-refractivity contribution in [2.75, 3.05) is 19.6 Å². The Morgan fingerprint density at radius 1 is 1.37 bits per heavy atom. The van der Waals surface area contributed by atoms with Gasteiger partial charge in [0.2, 0.25) is 0 Å². The molecule has 1 aliphatic heterocycles. The van der Waals surface area contributed by atoms with Gasteiger partial charge in [-0.05, 0) is 19.1 Å². The van der Waals surface area contributed by atoms with Crippen LogP contribution in [0.2, 0.25) is 0 Å². The van der Waals surface area contributed by atoms with Crippen LogP contribution >= 0.6 is 0 Å². The molecule has 1 fully saturated rings. The number of rotatable bonds is 1. The van der Waals surface area contributed by atoms with E-state index >= 15 is 0 Å². The van der Waals surface area contributed by atoms with Crippen molar-refractivity contribution in [2.45, 2.75) is 13.0 Å². The fraction of sp³-hybridized carbons (Fsp3) is 0.357. The monoisotopic (exact) mass is 256 g/mol. The number of carbonyl (C=O) groups is 1. The lowest BCUT2D eigenvalue weighted by Gasteiger charge is -2.33. The van der Waals surface area contributed by atoms with Crippen LogP contribution in [0.5, 0.6) is 0 Å². The second-order valence-electron chi connectivity index (χ2n) is 4.80. The maximum atomic E-state index is 12.4. The first kappa shape index (κ1) is 12.0. The lowest BCUT2D eigenvalue weighted by atomic mass is 10.2. The third-order valence-electron chi connectivity index (χ3n) is 3.43. The van der Waals surface area contributed by atoms with Crippen LogP contribution < -0.4 is 5.32 Å². The second-order valence-corrected chi connectivity index (χ2v) is 4.80. The predicted octanol–water partition coefficient (Wildman–Crippen LogP) is 1.06. The highest BCUT2D eigenvalue weighted by Crippen LogP contribution is 2.12. The Kier molecular flexibility index (Phi) is 3.13.